The average molecular weight is 453 g/mol. The first-order valence-electron chi connectivity index (χ1n) is 9.51. The summed E-state index contributed by atoms with van der Waals surface area (Å²) in [5, 5.41) is 0.694. The lowest BCUT2D eigenvalue weighted by Crippen LogP contribution is -2.50. The largest absolute Gasteiger partial charge is 0.340 e. The molecule has 1 aliphatic heterocycles. The van der Waals surface area contributed by atoms with Gasteiger partial charge in [0.15, 0.2) is 0 Å². The van der Waals surface area contributed by atoms with Crippen molar-refractivity contribution in [1.29, 1.82) is 0 Å². The van der Waals surface area contributed by atoms with E-state index < -0.39 is 10.0 Å². The second-order valence-electron chi connectivity index (χ2n) is 7.08. The molecule has 0 saturated carbocycles. The number of carbonyl (C=O) groups excluding carboxylic acids is 1. The number of nitrogens with zero attached hydrogens (tertiary/aromatic N) is 2. The summed E-state index contributed by atoms with van der Waals surface area (Å²) < 4.78 is 27.3. The molecule has 2 aromatic carbocycles. The topological polar surface area (TPSA) is 57.7 Å². The highest BCUT2D eigenvalue weighted by Gasteiger charge is 2.30. The lowest BCUT2D eigenvalue weighted by molar-refractivity contribution is -0.131. The zero-order chi connectivity index (χ0) is 21.0. The van der Waals surface area contributed by atoms with Gasteiger partial charge < -0.3 is 4.90 Å². The Bertz CT molecular complexity index is 970. The van der Waals surface area contributed by atoms with Crippen molar-refractivity contribution in [3.8, 4) is 0 Å². The Kier molecular flexibility index (Phi) is 7.27. The predicted octanol–water partition coefficient (Wildman–Crippen LogP) is 3.97. The third-order valence-electron chi connectivity index (χ3n) is 5.11. The molecule has 156 valence electrons. The van der Waals surface area contributed by atoms with E-state index in [9.17, 15) is 13.2 Å². The number of halogens is 1. The van der Waals surface area contributed by atoms with E-state index in [1.54, 1.807) is 28.8 Å². The summed E-state index contributed by atoms with van der Waals surface area (Å²) in [5.41, 5.74) is 2.02. The van der Waals surface area contributed by atoms with E-state index in [1.807, 2.05) is 44.2 Å². The molecule has 1 saturated heterocycles. The summed E-state index contributed by atoms with van der Waals surface area (Å²) in [7, 11) is -3.53. The van der Waals surface area contributed by atoms with E-state index >= 15 is 0 Å². The molecular weight excluding hydrogens is 428 g/mol. The molecule has 0 radical (unpaired) electrons. The second kappa shape index (κ2) is 9.51. The Balaban J connectivity index is 1.50. The molecule has 8 heteroatoms. The quantitative estimate of drug-likeness (QED) is 0.622. The Hall–Kier alpha value is -1.54. The summed E-state index contributed by atoms with van der Waals surface area (Å²) >= 11 is 7.49. The molecule has 0 spiro atoms. The molecule has 0 unspecified atom stereocenters. The molecule has 0 aromatic heterocycles. The standard InChI is InChI=1S/C21H25ClN2O3S2/c1-16-3-8-20(15-17(16)2)29(26,27)24-12-10-23(11-13-24)21(25)9-14-28-19-6-4-18(22)5-7-19/h3-8,15H,9-14H2,1-2H3. The number of hydrogen-bond acceptors (Lipinski definition) is 4. The van der Waals surface area contributed by atoms with Crippen LogP contribution in [0.3, 0.4) is 0 Å². The third-order valence-corrected chi connectivity index (χ3v) is 8.27. The Morgan fingerprint density at radius 1 is 1.00 bits per heavy atom. The number of sulfonamides is 1. The minimum Gasteiger partial charge on any atom is -0.340 e. The lowest BCUT2D eigenvalue weighted by Gasteiger charge is -2.34. The number of hydrogen-bond donors (Lipinski definition) is 0. The van der Waals surface area contributed by atoms with E-state index in [1.165, 1.54) is 4.31 Å². The van der Waals surface area contributed by atoms with Crippen LogP contribution in [0.1, 0.15) is 17.5 Å². The van der Waals surface area contributed by atoms with Gasteiger partial charge in [0, 0.05) is 48.3 Å². The lowest BCUT2D eigenvalue weighted by atomic mass is 10.1. The first-order valence-corrected chi connectivity index (χ1v) is 12.3. The maximum absolute atomic E-state index is 12.9. The van der Waals surface area contributed by atoms with Crippen molar-refractivity contribution in [3.05, 3.63) is 58.6 Å². The molecule has 0 N–H and O–H groups in total. The number of carbonyl (C=O) groups is 1. The Morgan fingerprint density at radius 3 is 2.28 bits per heavy atom. The van der Waals surface area contributed by atoms with E-state index in [4.69, 9.17) is 11.6 Å². The van der Waals surface area contributed by atoms with Crippen LogP contribution in [0.15, 0.2) is 52.3 Å². The van der Waals surface area contributed by atoms with Crippen LogP contribution < -0.4 is 0 Å². The van der Waals surface area contributed by atoms with Gasteiger partial charge in [-0.3, -0.25) is 4.79 Å². The van der Waals surface area contributed by atoms with Gasteiger partial charge in [0.05, 0.1) is 4.90 Å². The van der Waals surface area contributed by atoms with Crippen molar-refractivity contribution >= 4 is 39.3 Å². The van der Waals surface area contributed by atoms with Crippen LogP contribution in [0.25, 0.3) is 0 Å². The summed E-state index contributed by atoms with van der Waals surface area (Å²) in [6.07, 6.45) is 0.428. The van der Waals surface area contributed by atoms with Crippen LogP contribution in [-0.4, -0.2) is 55.5 Å². The minimum atomic E-state index is -3.53. The molecule has 2 aromatic rings. The number of benzene rings is 2. The molecule has 1 heterocycles. The highest BCUT2D eigenvalue weighted by atomic mass is 35.5. The first-order chi connectivity index (χ1) is 13.8. The van der Waals surface area contributed by atoms with Crippen molar-refractivity contribution in [2.24, 2.45) is 0 Å². The number of aryl methyl sites for hydroxylation is 2. The molecule has 3 rings (SSSR count). The number of thioether (sulfide) groups is 1. The monoisotopic (exact) mass is 452 g/mol. The van der Waals surface area contributed by atoms with Gasteiger partial charge in [-0.15, -0.1) is 11.8 Å². The van der Waals surface area contributed by atoms with Crippen molar-refractivity contribution in [1.82, 2.24) is 9.21 Å². The fraction of sp³-hybridized carbons (Fsp3) is 0.381. The smallest absolute Gasteiger partial charge is 0.243 e. The Morgan fingerprint density at radius 2 is 1.66 bits per heavy atom. The molecule has 1 aliphatic rings. The highest BCUT2D eigenvalue weighted by Crippen LogP contribution is 2.23. The van der Waals surface area contributed by atoms with Gasteiger partial charge in [0.1, 0.15) is 0 Å². The summed E-state index contributed by atoms with van der Waals surface area (Å²) in [4.78, 5) is 15.6. The van der Waals surface area contributed by atoms with Gasteiger partial charge in [-0.25, -0.2) is 8.42 Å². The van der Waals surface area contributed by atoms with Gasteiger partial charge in [-0.2, -0.15) is 4.31 Å². The maximum Gasteiger partial charge on any atom is 0.243 e. The SMILES string of the molecule is Cc1ccc(S(=O)(=O)N2CCN(C(=O)CCSc3ccc(Cl)cc3)CC2)cc1C. The van der Waals surface area contributed by atoms with E-state index in [-0.39, 0.29) is 5.91 Å². The normalized spacial score (nSPS) is 15.5. The second-order valence-corrected chi connectivity index (χ2v) is 10.6. The van der Waals surface area contributed by atoms with Crippen molar-refractivity contribution in [2.75, 3.05) is 31.9 Å². The average Bonchev–Trinajstić information content (AvgIpc) is 2.71. The Labute approximate surface area is 182 Å². The number of amides is 1. The molecule has 0 aliphatic carbocycles. The highest BCUT2D eigenvalue weighted by molar-refractivity contribution is 7.99. The molecule has 29 heavy (non-hydrogen) atoms. The maximum atomic E-state index is 12.9. The fourth-order valence-electron chi connectivity index (χ4n) is 3.15. The predicted molar refractivity (Wildman–Crippen MR) is 118 cm³/mol. The molecular formula is C21H25ClN2O3S2. The molecule has 1 fully saturated rings. The van der Waals surface area contributed by atoms with E-state index in [0.717, 1.165) is 16.0 Å². The molecule has 1 amide bonds. The van der Waals surface area contributed by atoms with E-state index in [0.29, 0.717) is 48.3 Å². The van der Waals surface area contributed by atoms with Crippen molar-refractivity contribution < 1.29 is 13.2 Å². The van der Waals surface area contributed by atoms with Gasteiger partial charge in [-0.05, 0) is 61.4 Å². The summed E-state index contributed by atoms with van der Waals surface area (Å²) in [5.74, 6) is 0.747. The first kappa shape index (κ1) is 22.2. The summed E-state index contributed by atoms with van der Waals surface area (Å²) in [6, 6.07) is 12.8. The van der Waals surface area contributed by atoms with Gasteiger partial charge >= 0.3 is 0 Å². The van der Waals surface area contributed by atoms with Gasteiger partial charge in [0.2, 0.25) is 15.9 Å². The van der Waals surface area contributed by atoms with Crippen LogP contribution in [0, 0.1) is 13.8 Å². The third kappa shape index (κ3) is 5.54. The summed E-state index contributed by atoms with van der Waals surface area (Å²) in [6.45, 7) is 5.37. The van der Waals surface area contributed by atoms with Crippen LogP contribution in [0.5, 0.6) is 0 Å². The van der Waals surface area contributed by atoms with Crippen molar-refractivity contribution in [2.45, 2.75) is 30.1 Å². The minimum absolute atomic E-state index is 0.0645. The van der Waals surface area contributed by atoms with Crippen LogP contribution in [0.4, 0.5) is 0 Å². The van der Waals surface area contributed by atoms with Crippen LogP contribution >= 0.6 is 23.4 Å². The van der Waals surface area contributed by atoms with Crippen molar-refractivity contribution in [3.63, 3.8) is 0 Å². The van der Waals surface area contributed by atoms with Gasteiger partial charge in [-0.1, -0.05) is 17.7 Å². The zero-order valence-electron chi connectivity index (χ0n) is 16.6. The fourth-order valence-corrected chi connectivity index (χ4v) is 5.62. The number of piperazine rings is 1. The van der Waals surface area contributed by atoms with Gasteiger partial charge in [0.25, 0.3) is 0 Å². The van der Waals surface area contributed by atoms with E-state index in [2.05, 4.69) is 0 Å². The molecule has 0 atom stereocenters. The number of rotatable bonds is 6. The zero-order valence-corrected chi connectivity index (χ0v) is 19.0. The van der Waals surface area contributed by atoms with Crippen LogP contribution in [0.2, 0.25) is 5.02 Å². The van der Waals surface area contributed by atoms with Crippen LogP contribution in [-0.2, 0) is 14.8 Å². The molecule has 0 bridgehead atoms. The molecule has 5 nitrogen and oxygen atoms in total.